The van der Waals surface area contributed by atoms with Crippen molar-refractivity contribution in [2.24, 2.45) is 4.99 Å². The molecule has 1 saturated heterocycles. The van der Waals surface area contributed by atoms with Gasteiger partial charge in [-0.3, -0.25) is 0 Å². The normalized spacial score (nSPS) is 16.4. The Morgan fingerprint density at radius 3 is 2.68 bits per heavy atom. The fraction of sp³-hybridized carbons (Fsp3) is 0.409. The van der Waals surface area contributed by atoms with E-state index in [1.54, 1.807) is 0 Å². The van der Waals surface area contributed by atoms with Gasteiger partial charge in [-0.1, -0.05) is 42.5 Å². The Kier molecular flexibility index (Phi) is 9.05. The number of ether oxygens (including phenoxy) is 2. The number of aliphatic imine (C=N–C) groups is 1. The monoisotopic (exact) mass is 495 g/mol. The van der Waals surface area contributed by atoms with Gasteiger partial charge in [0.15, 0.2) is 5.96 Å². The van der Waals surface area contributed by atoms with Crippen LogP contribution in [0.4, 0.5) is 0 Å². The molecule has 1 fully saturated rings. The minimum Gasteiger partial charge on any atom is -0.488 e. The van der Waals surface area contributed by atoms with Gasteiger partial charge >= 0.3 is 0 Å². The summed E-state index contributed by atoms with van der Waals surface area (Å²) >= 11 is 0. The van der Waals surface area contributed by atoms with Crippen LogP contribution in [-0.2, 0) is 17.8 Å². The molecule has 0 bridgehead atoms. The second-order valence-corrected chi connectivity index (χ2v) is 7.09. The van der Waals surface area contributed by atoms with Crippen LogP contribution in [0.25, 0.3) is 0 Å². The molecule has 5 nitrogen and oxygen atoms in total. The number of halogens is 1. The molecule has 0 aromatic heterocycles. The molecule has 1 aliphatic heterocycles. The van der Waals surface area contributed by atoms with Crippen LogP contribution in [0.1, 0.15) is 23.1 Å². The van der Waals surface area contributed by atoms with E-state index in [2.05, 4.69) is 42.6 Å². The van der Waals surface area contributed by atoms with Crippen LogP contribution in [0.5, 0.6) is 5.75 Å². The predicted octanol–water partition coefficient (Wildman–Crippen LogP) is 3.99. The molecule has 1 N–H and O–H groups in total. The maximum Gasteiger partial charge on any atom is 0.194 e. The van der Waals surface area contributed by atoms with Gasteiger partial charge in [0.1, 0.15) is 11.9 Å². The summed E-state index contributed by atoms with van der Waals surface area (Å²) in [5.41, 5.74) is 3.51. The highest BCUT2D eigenvalue weighted by Crippen LogP contribution is 2.23. The zero-order valence-electron chi connectivity index (χ0n) is 16.9. The molecular formula is C22H30IN3O2. The first kappa shape index (κ1) is 22.5. The summed E-state index contributed by atoms with van der Waals surface area (Å²) in [7, 11) is 4.00. The van der Waals surface area contributed by atoms with Crippen molar-refractivity contribution in [1.29, 1.82) is 0 Å². The highest BCUT2D eigenvalue weighted by atomic mass is 127. The van der Waals surface area contributed by atoms with Crippen molar-refractivity contribution in [3.63, 3.8) is 0 Å². The molecule has 0 radical (unpaired) electrons. The van der Waals surface area contributed by atoms with Crippen LogP contribution in [0.15, 0.2) is 53.5 Å². The molecule has 152 valence electrons. The number of nitrogens with one attached hydrogen (secondary N) is 1. The molecule has 0 spiro atoms. The van der Waals surface area contributed by atoms with Gasteiger partial charge in [-0.05, 0) is 24.1 Å². The Hall–Kier alpha value is -1.80. The fourth-order valence-electron chi connectivity index (χ4n) is 2.98. The molecular weight excluding hydrogens is 465 g/mol. The van der Waals surface area contributed by atoms with Gasteiger partial charge in [0, 0.05) is 32.6 Å². The van der Waals surface area contributed by atoms with Gasteiger partial charge in [-0.25, -0.2) is 4.99 Å². The minimum atomic E-state index is 0. The van der Waals surface area contributed by atoms with Crippen LogP contribution < -0.4 is 10.1 Å². The molecule has 1 aliphatic rings. The Morgan fingerprint density at radius 1 is 1.21 bits per heavy atom. The lowest BCUT2D eigenvalue weighted by Gasteiger charge is -2.20. The van der Waals surface area contributed by atoms with Crippen molar-refractivity contribution >= 4 is 29.9 Å². The molecule has 2 aromatic carbocycles. The minimum absolute atomic E-state index is 0. The molecule has 0 amide bonds. The van der Waals surface area contributed by atoms with E-state index in [1.807, 2.05) is 37.2 Å². The summed E-state index contributed by atoms with van der Waals surface area (Å²) in [5, 5.41) is 3.46. The zero-order valence-corrected chi connectivity index (χ0v) is 19.2. The number of aryl methyl sites for hydroxylation is 1. The summed E-state index contributed by atoms with van der Waals surface area (Å²) in [4.78, 5) is 6.73. The second kappa shape index (κ2) is 11.3. The SMILES string of the molecule is Cc1ccc(CNC(=NCc2ccccc2)N(C)C)c(OC2CCOC2)c1.I. The zero-order chi connectivity index (χ0) is 19.1. The van der Waals surface area contributed by atoms with Crippen LogP contribution >= 0.6 is 24.0 Å². The Morgan fingerprint density at radius 2 is 2.00 bits per heavy atom. The number of hydrogen-bond acceptors (Lipinski definition) is 3. The first-order chi connectivity index (χ1) is 13.1. The topological polar surface area (TPSA) is 46.1 Å². The van der Waals surface area contributed by atoms with Gasteiger partial charge < -0.3 is 19.7 Å². The average molecular weight is 495 g/mol. The Balaban J connectivity index is 0.00000280. The molecule has 1 atom stereocenters. The number of hydrogen-bond donors (Lipinski definition) is 1. The lowest BCUT2D eigenvalue weighted by molar-refractivity contribution is 0.140. The summed E-state index contributed by atoms with van der Waals surface area (Å²) in [6, 6.07) is 16.6. The third-order valence-corrected chi connectivity index (χ3v) is 4.52. The highest BCUT2D eigenvalue weighted by Gasteiger charge is 2.19. The summed E-state index contributed by atoms with van der Waals surface area (Å²) in [5.74, 6) is 1.79. The van der Waals surface area contributed by atoms with Crippen molar-refractivity contribution < 1.29 is 9.47 Å². The van der Waals surface area contributed by atoms with Gasteiger partial charge in [-0.15, -0.1) is 24.0 Å². The average Bonchev–Trinajstić information content (AvgIpc) is 3.17. The van der Waals surface area contributed by atoms with E-state index in [1.165, 1.54) is 11.1 Å². The molecule has 3 rings (SSSR count). The third-order valence-electron chi connectivity index (χ3n) is 4.52. The molecule has 0 aliphatic carbocycles. The van der Waals surface area contributed by atoms with Crippen molar-refractivity contribution in [1.82, 2.24) is 10.2 Å². The summed E-state index contributed by atoms with van der Waals surface area (Å²) < 4.78 is 11.6. The van der Waals surface area contributed by atoms with Crippen molar-refractivity contribution in [3.8, 4) is 5.75 Å². The fourth-order valence-corrected chi connectivity index (χ4v) is 2.98. The largest absolute Gasteiger partial charge is 0.488 e. The number of nitrogens with zero attached hydrogens (tertiary/aromatic N) is 2. The van der Waals surface area contributed by atoms with Crippen molar-refractivity contribution in [2.45, 2.75) is 32.5 Å². The Labute approximate surface area is 185 Å². The third kappa shape index (κ3) is 6.67. The smallest absolute Gasteiger partial charge is 0.194 e. The van der Waals surface area contributed by atoms with Crippen molar-refractivity contribution in [3.05, 3.63) is 65.2 Å². The van der Waals surface area contributed by atoms with E-state index >= 15 is 0 Å². The molecule has 2 aromatic rings. The molecule has 1 heterocycles. The molecule has 6 heteroatoms. The molecule has 0 saturated carbocycles. The molecule has 28 heavy (non-hydrogen) atoms. The summed E-state index contributed by atoms with van der Waals surface area (Å²) in [6.45, 7) is 4.85. The van der Waals surface area contributed by atoms with Crippen LogP contribution in [0, 0.1) is 6.92 Å². The Bertz CT molecular complexity index is 760. The van der Waals surface area contributed by atoms with Crippen LogP contribution in [0.3, 0.4) is 0 Å². The quantitative estimate of drug-likeness (QED) is 0.374. The van der Waals surface area contributed by atoms with E-state index in [0.717, 1.165) is 30.3 Å². The van der Waals surface area contributed by atoms with Gasteiger partial charge in [0.25, 0.3) is 0 Å². The second-order valence-electron chi connectivity index (χ2n) is 7.09. The first-order valence-electron chi connectivity index (χ1n) is 9.45. The number of rotatable bonds is 6. The van der Waals surface area contributed by atoms with E-state index in [9.17, 15) is 0 Å². The van der Waals surface area contributed by atoms with E-state index in [4.69, 9.17) is 14.5 Å². The van der Waals surface area contributed by atoms with Gasteiger partial charge in [0.2, 0.25) is 0 Å². The maximum absolute atomic E-state index is 6.19. The summed E-state index contributed by atoms with van der Waals surface area (Å²) in [6.07, 6.45) is 1.09. The highest BCUT2D eigenvalue weighted by molar-refractivity contribution is 14.0. The van der Waals surface area contributed by atoms with E-state index in [0.29, 0.717) is 19.7 Å². The number of benzene rings is 2. The standard InChI is InChI=1S/C22H29N3O2.HI/c1-17-9-10-19(21(13-17)27-20-11-12-26-16-20)15-24-22(25(2)3)23-14-18-7-5-4-6-8-18;/h4-10,13,20H,11-12,14-16H2,1-3H3,(H,23,24);1H. The van der Waals surface area contributed by atoms with Gasteiger partial charge in [0.05, 0.1) is 19.8 Å². The van der Waals surface area contributed by atoms with E-state index in [-0.39, 0.29) is 30.1 Å². The van der Waals surface area contributed by atoms with Crippen molar-refractivity contribution in [2.75, 3.05) is 27.3 Å². The van der Waals surface area contributed by atoms with E-state index < -0.39 is 0 Å². The molecule has 1 unspecified atom stereocenters. The number of guanidine groups is 1. The lowest BCUT2D eigenvalue weighted by atomic mass is 10.1. The maximum atomic E-state index is 6.19. The lowest BCUT2D eigenvalue weighted by Crippen LogP contribution is -2.36. The predicted molar refractivity (Wildman–Crippen MR) is 125 cm³/mol. The van der Waals surface area contributed by atoms with Gasteiger partial charge in [-0.2, -0.15) is 0 Å². The first-order valence-corrected chi connectivity index (χ1v) is 9.45. The van der Waals surface area contributed by atoms with Crippen LogP contribution in [0.2, 0.25) is 0 Å². The van der Waals surface area contributed by atoms with Crippen LogP contribution in [-0.4, -0.2) is 44.3 Å².